The Bertz CT molecular complexity index is 790. The van der Waals surface area contributed by atoms with Crippen LogP contribution in [0.5, 0.6) is 0 Å². The molecule has 0 aliphatic carbocycles. The molecule has 1 unspecified atom stereocenters. The topological polar surface area (TPSA) is 61.4 Å². The van der Waals surface area contributed by atoms with Crippen LogP contribution in [0.2, 0.25) is 0 Å². The number of carbonyl (C=O) groups excluding carboxylic acids is 2. The van der Waals surface area contributed by atoms with E-state index >= 15 is 0 Å². The van der Waals surface area contributed by atoms with Gasteiger partial charge in [-0.1, -0.05) is 62.4 Å². The van der Waals surface area contributed by atoms with Crippen molar-refractivity contribution >= 4 is 11.8 Å². The lowest BCUT2D eigenvalue weighted by molar-refractivity contribution is -0.123. The number of nitrogens with zero attached hydrogens (tertiary/aromatic N) is 1. The van der Waals surface area contributed by atoms with Crippen LogP contribution in [0, 0.1) is 12.8 Å². The Kier molecular flexibility index (Phi) is 8.87. The molecule has 0 aromatic heterocycles. The SMILES string of the molecule is Cc1ccccc1C(=O)NC(C(=O)NCCCN(C)Cc1ccccc1)C(C)C. The second kappa shape index (κ2) is 11.4. The molecule has 2 N–H and O–H groups in total. The monoisotopic (exact) mass is 395 g/mol. The van der Waals surface area contributed by atoms with Crippen molar-refractivity contribution in [3.05, 3.63) is 71.3 Å². The molecule has 0 bridgehead atoms. The van der Waals surface area contributed by atoms with E-state index in [0.717, 1.165) is 25.1 Å². The standard InChI is InChI=1S/C24H33N3O2/c1-18(2)22(26-23(28)21-14-9-8-11-19(21)3)24(29)25-15-10-16-27(4)17-20-12-6-5-7-13-20/h5-9,11-14,18,22H,10,15-17H2,1-4H3,(H,25,29)(H,26,28). The van der Waals surface area contributed by atoms with E-state index in [4.69, 9.17) is 0 Å². The number of nitrogens with one attached hydrogen (secondary N) is 2. The molecule has 0 saturated carbocycles. The first-order valence-corrected chi connectivity index (χ1v) is 10.2. The van der Waals surface area contributed by atoms with Crippen LogP contribution in [0.1, 0.15) is 41.8 Å². The van der Waals surface area contributed by atoms with Crippen LogP contribution in [0.15, 0.2) is 54.6 Å². The molecular weight excluding hydrogens is 362 g/mol. The van der Waals surface area contributed by atoms with Gasteiger partial charge in [0.05, 0.1) is 0 Å². The molecule has 2 rings (SSSR count). The highest BCUT2D eigenvalue weighted by atomic mass is 16.2. The lowest BCUT2D eigenvalue weighted by atomic mass is 10.0. The number of hydrogen-bond acceptors (Lipinski definition) is 3. The normalized spacial score (nSPS) is 12.1. The van der Waals surface area contributed by atoms with Gasteiger partial charge < -0.3 is 15.5 Å². The maximum absolute atomic E-state index is 12.6. The van der Waals surface area contributed by atoms with Crippen LogP contribution >= 0.6 is 0 Å². The van der Waals surface area contributed by atoms with Gasteiger partial charge in [-0.05, 0) is 50.0 Å². The number of rotatable bonds is 10. The lowest BCUT2D eigenvalue weighted by Crippen LogP contribution is -2.50. The van der Waals surface area contributed by atoms with Gasteiger partial charge in [0.2, 0.25) is 5.91 Å². The average Bonchev–Trinajstić information content (AvgIpc) is 2.70. The van der Waals surface area contributed by atoms with Crippen LogP contribution < -0.4 is 10.6 Å². The van der Waals surface area contributed by atoms with Gasteiger partial charge in [-0.3, -0.25) is 9.59 Å². The van der Waals surface area contributed by atoms with Gasteiger partial charge in [0.15, 0.2) is 0 Å². The zero-order chi connectivity index (χ0) is 21.2. The van der Waals surface area contributed by atoms with E-state index in [9.17, 15) is 9.59 Å². The second-order valence-electron chi connectivity index (χ2n) is 7.88. The minimum Gasteiger partial charge on any atom is -0.354 e. The maximum Gasteiger partial charge on any atom is 0.252 e. The van der Waals surface area contributed by atoms with Crippen molar-refractivity contribution in [2.24, 2.45) is 5.92 Å². The molecule has 0 fully saturated rings. The van der Waals surface area contributed by atoms with Gasteiger partial charge in [0.1, 0.15) is 6.04 Å². The van der Waals surface area contributed by atoms with Crippen molar-refractivity contribution in [1.82, 2.24) is 15.5 Å². The first kappa shape index (κ1) is 22.6. The Morgan fingerprint density at radius 1 is 1.00 bits per heavy atom. The van der Waals surface area contributed by atoms with Crippen LogP contribution in [0.3, 0.4) is 0 Å². The minimum absolute atomic E-state index is 0.00345. The summed E-state index contributed by atoms with van der Waals surface area (Å²) in [5.41, 5.74) is 2.78. The van der Waals surface area contributed by atoms with Crippen LogP contribution in [-0.2, 0) is 11.3 Å². The first-order valence-electron chi connectivity index (χ1n) is 10.2. The molecule has 29 heavy (non-hydrogen) atoms. The summed E-state index contributed by atoms with van der Waals surface area (Å²) in [4.78, 5) is 27.5. The van der Waals surface area contributed by atoms with Gasteiger partial charge in [0, 0.05) is 18.7 Å². The molecule has 5 nitrogen and oxygen atoms in total. The summed E-state index contributed by atoms with van der Waals surface area (Å²) in [6.07, 6.45) is 0.853. The molecule has 1 atom stereocenters. The third-order valence-electron chi connectivity index (χ3n) is 4.94. The fourth-order valence-corrected chi connectivity index (χ4v) is 3.23. The van der Waals surface area contributed by atoms with E-state index in [-0.39, 0.29) is 17.7 Å². The first-order chi connectivity index (χ1) is 13.9. The number of amides is 2. The van der Waals surface area contributed by atoms with Gasteiger partial charge in [-0.25, -0.2) is 0 Å². The van der Waals surface area contributed by atoms with Gasteiger partial charge in [-0.2, -0.15) is 0 Å². The molecule has 2 aromatic carbocycles. The van der Waals surface area contributed by atoms with E-state index < -0.39 is 6.04 Å². The van der Waals surface area contributed by atoms with Crippen LogP contribution in [0.4, 0.5) is 0 Å². The van der Waals surface area contributed by atoms with Crippen molar-refractivity contribution in [3.63, 3.8) is 0 Å². The zero-order valence-corrected chi connectivity index (χ0v) is 17.9. The third-order valence-corrected chi connectivity index (χ3v) is 4.94. The Morgan fingerprint density at radius 3 is 2.31 bits per heavy atom. The molecule has 0 aliphatic rings. The fraction of sp³-hybridized carbons (Fsp3) is 0.417. The molecule has 0 radical (unpaired) electrons. The van der Waals surface area contributed by atoms with E-state index in [1.54, 1.807) is 6.07 Å². The van der Waals surface area contributed by atoms with Gasteiger partial charge in [-0.15, -0.1) is 0 Å². The molecule has 2 amide bonds. The van der Waals surface area contributed by atoms with E-state index in [2.05, 4.69) is 34.7 Å². The Morgan fingerprint density at radius 2 is 1.66 bits per heavy atom. The number of benzene rings is 2. The Hall–Kier alpha value is -2.66. The molecule has 0 heterocycles. The van der Waals surface area contributed by atoms with Gasteiger partial charge >= 0.3 is 0 Å². The number of hydrogen-bond donors (Lipinski definition) is 2. The quantitative estimate of drug-likeness (QED) is 0.606. The highest BCUT2D eigenvalue weighted by molar-refractivity contribution is 5.98. The van der Waals surface area contributed by atoms with Gasteiger partial charge in [0.25, 0.3) is 5.91 Å². The highest BCUT2D eigenvalue weighted by Gasteiger charge is 2.24. The van der Waals surface area contributed by atoms with E-state index in [1.807, 2.05) is 57.2 Å². The smallest absolute Gasteiger partial charge is 0.252 e. The Balaban J connectivity index is 1.79. The van der Waals surface area contributed by atoms with Crippen LogP contribution in [0.25, 0.3) is 0 Å². The van der Waals surface area contributed by atoms with Crippen molar-refractivity contribution in [1.29, 1.82) is 0 Å². The molecule has 0 saturated heterocycles. The molecule has 2 aromatic rings. The third kappa shape index (κ3) is 7.35. The van der Waals surface area contributed by atoms with Crippen LogP contribution in [-0.4, -0.2) is 42.9 Å². The Labute approximate surface area is 174 Å². The van der Waals surface area contributed by atoms with Crippen molar-refractivity contribution < 1.29 is 9.59 Å². The van der Waals surface area contributed by atoms with Crippen molar-refractivity contribution in [2.45, 2.75) is 39.8 Å². The number of carbonyl (C=O) groups is 2. The summed E-state index contributed by atoms with van der Waals surface area (Å²) in [6, 6.07) is 17.2. The maximum atomic E-state index is 12.6. The largest absolute Gasteiger partial charge is 0.354 e. The predicted molar refractivity (Wildman–Crippen MR) is 118 cm³/mol. The summed E-state index contributed by atoms with van der Waals surface area (Å²) < 4.78 is 0. The van der Waals surface area contributed by atoms with Crippen molar-refractivity contribution in [2.75, 3.05) is 20.1 Å². The van der Waals surface area contributed by atoms with E-state index in [1.165, 1.54) is 5.56 Å². The van der Waals surface area contributed by atoms with E-state index in [0.29, 0.717) is 12.1 Å². The molecule has 5 heteroatoms. The summed E-state index contributed by atoms with van der Waals surface area (Å²) >= 11 is 0. The fourth-order valence-electron chi connectivity index (χ4n) is 3.23. The summed E-state index contributed by atoms with van der Waals surface area (Å²) in [5, 5.41) is 5.87. The zero-order valence-electron chi connectivity index (χ0n) is 17.9. The summed E-state index contributed by atoms with van der Waals surface area (Å²) in [6.45, 7) is 8.13. The number of aryl methyl sites for hydroxylation is 1. The lowest BCUT2D eigenvalue weighted by Gasteiger charge is -2.22. The average molecular weight is 396 g/mol. The second-order valence-corrected chi connectivity index (χ2v) is 7.88. The minimum atomic E-state index is -0.552. The molecule has 0 spiro atoms. The highest BCUT2D eigenvalue weighted by Crippen LogP contribution is 2.09. The summed E-state index contributed by atoms with van der Waals surface area (Å²) in [5.74, 6) is -0.337. The van der Waals surface area contributed by atoms with Crippen molar-refractivity contribution in [3.8, 4) is 0 Å². The predicted octanol–water partition coefficient (Wildman–Crippen LogP) is 3.39. The molecule has 156 valence electrons. The molecule has 0 aliphatic heterocycles. The molecular formula is C24H33N3O2. The summed E-state index contributed by atoms with van der Waals surface area (Å²) in [7, 11) is 2.08.